The molecule has 0 saturated carbocycles. The molecule has 33 heavy (non-hydrogen) atoms. The second kappa shape index (κ2) is 13.6. The highest BCUT2D eigenvalue weighted by molar-refractivity contribution is 14.0. The topological polar surface area (TPSA) is 55.8 Å². The van der Waals surface area contributed by atoms with E-state index in [1.165, 1.54) is 12.1 Å². The van der Waals surface area contributed by atoms with Gasteiger partial charge in [0.1, 0.15) is 0 Å². The highest BCUT2D eigenvalue weighted by Gasteiger charge is 2.31. The molecular formula is C23H32F3IN6. The molecule has 2 aromatic rings. The van der Waals surface area contributed by atoms with Crippen molar-refractivity contribution in [2.24, 2.45) is 4.99 Å². The lowest BCUT2D eigenvalue weighted by Gasteiger charge is -2.36. The maximum atomic E-state index is 13.0. The van der Waals surface area contributed by atoms with Crippen LogP contribution in [0.2, 0.25) is 0 Å². The van der Waals surface area contributed by atoms with Crippen molar-refractivity contribution in [3.63, 3.8) is 0 Å². The number of guanidine groups is 1. The molecule has 2 heterocycles. The molecule has 6 nitrogen and oxygen atoms in total. The fourth-order valence-electron chi connectivity index (χ4n) is 3.61. The van der Waals surface area contributed by atoms with Crippen LogP contribution in [-0.4, -0.2) is 61.7 Å². The summed E-state index contributed by atoms with van der Waals surface area (Å²) >= 11 is 0. The zero-order valence-corrected chi connectivity index (χ0v) is 21.1. The van der Waals surface area contributed by atoms with Crippen LogP contribution in [0.4, 0.5) is 18.9 Å². The Kier molecular flexibility index (Phi) is 11.2. The van der Waals surface area contributed by atoms with Gasteiger partial charge in [0, 0.05) is 51.2 Å². The van der Waals surface area contributed by atoms with E-state index in [0.717, 1.165) is 70.0 Å². The van der Waals surface area contributed by atoms with Crippen molar-refractivity contribution in [1.29, 1.82) is 0 Å². The lowest BCUT2D eigenvalue weighted by molar-refractivity contribution is -0.137. The molecule has 0 aliphatic carbocycles. The predicted molar refractivity (Wildman–Crippen MR) is 137 cm³/mol. The predicted octanol–water partition coefficient (Wildman–Crippen LogP) is 3.99. The molecule has 1 saturated heterocycles. The first-order chi connectivity index (χ1) is 15.5. The van der Waals surface area contributed by atoms with E-state index in [1.807, 2.05) is 30.0 Å². The van der Waals surface area contributed by atoms with Crippen molar-refractivity contribution in [2.75, 3.05) is 50.7 Å². The Morgan fingerprint density at radius 1 is 1.06 bits per heavy atom. The van der Waals surface area contributed by atoms with Crippen molar-refractivity contribution in [3.05, 3.63) is 59.9 Å². The monoisotopic (exact) mass is 576 g/mol. The summed E-state index contributed by atoms with van der Waals surface area (Å²) < 4.78 is 38.9. The quantitative estimate of drug-likeness (QED) is 0.216. The summed E-state index contributed by atoms with van der Waals surface area (Å²) in [5, 5.41) is 6.59. The first kappa shape index (κ1) is 27.2. The molecule has 0 atom stereocenters. The number of nitrogens with one attached hydrogen (secondary N) is 2. The van der Waals surface area contributed by atoms with Gasteiger partial charge in [-0.05, 0) is 50.2 Å². The smallest absolute Gasteiger partial charge is 0.369 e. The van der Waals surface area contributed by atoms with Crippen LogP contribution in [0.1, 0.15) is 24.6 Å². The van der Waals surface area contributed by atoms with E-state index in [9.17, 15) is 13.2 Å². The third-order valence-corrected chi connectivity index (χ3v) is 5.32. The summed E-state index contributed by atoms with van der Waals surface area (Å²) in [5.74, 6) is 0.771. The number of pyridine rings is 1. The molecule has 2 N–H and O–H groups in total. The van der Waals surface area contributed by atoms with E-state index in [0.29, 0.717) is 12.2 Å². The van der Waals surface area contributed by atoms with Gasteiger partial charge in [0.25, 0.3) is 0 Å². The number of hydrogen-bond donors (Lipinski definition) is 2. The number of anilines is 1. The van der Waals surface area contributed by atoms with Crippen molar-refractivity contribution in [1.82, 2.24) is 20.5 Å². The minimum Gasteiger partial charge on any atom is -0.369 e. The maximum absolute atomic E-state index is 13.0. The van der Waals surface area contributed by atoms with Gasteiger partial charge in [-0.2, -0.15) is 13.2 Å². The van der Waals surface area contributed by atoms with E-state index in [4.69, 9.17) is 0 Å². The van der Waals surface area contributed by atoms with Crippen molar-refractivity contribution in [3.8, 4) is 0 Å². The van der Waals surface area contributed by atoms with Crippen LogP contribution >= 0.6 is 24.0 Å². The molecule has 0 radical (unpaired) electrons. The number of aliphatic imine (C=N–C) groups is 1. The Balaban J connectivity index is 0.00000385. The number of aromatic nitrogens is 1. The van der Waals surface area contributed by atoms with Crippen LogP contribution in [-0.2, 0) is 12.7 Å². The minimum atomic E-state index is -4.31. The van der Waals surface area contributed by atoms with Crippen molar-refractivity contribution < 1.29 is 13.2 Å². The molecule has 0 unspecified atom stereocenters. The average molecular weight is 576 g/mol. The third kappa shape index (κ3) is 9.00. The molecule has 182 valence electrons. The molecule has 0 bridgehead atoms. The molecule has 1 aromatic heterocycles. The third-order valence-electron chi connectivity index (χ3n) is 5.32. The second-order valence-electron chi connectivity index (χ2n) is 7.67. The van der Waals surface area contributed by atoms with E-state index < -0.39 is 11.7 Å². The van der Waals surface area contributed by atoms with Gasteiger partial charge >= 0.3 is 6.18 Å². The number of nitrogens with zero attached hydrogens (tertiary/aromatic N) is 4. The highest BCUT2D eigenvalue weighted by Crippen LogP contribution is 2.31. The standard InChI is InChI=1S/C23H31F3N6.HI/c1-2-27-22(30-18-20-8-3-4-10-28-20)29-11-6-12-31-13-15-32(16-14-31)21-9-5-7-19(17-21)23(24,25)26;/h3-5,7-10,17H,2,6,11-16,18H2,1H3,(H2,27,29,30);1H. The molecule has 0 spiro atoms. The van der Waals surface area contributed by atoms with E-state index in [2.05, 4.69) is 25.5 Å². The van der Waals surface area contributed by atoms with Gasteiger partial charge in [-0.1, -0.05) is 12.1 Å². The van der Waals surface area contributed by atoms with Crippen LogP contribution in [0, 0.1) is 0 Å². The minimum absolute atomic E-state index is 0. The fourth-order valence-corrected chi connectivity index (χ4v) is 3.61. The van der Waals surface area contributed by atoms with E-state index in [-0.39, 0.29) is 24.0 Å². The highest BCUT2D eigenvalue weighted by atomic mass is 127. The first-order valence-corrected chi connectivity index (χ1v) is 11.0. The van der Waals surface area contributed by atoms with E-state index >= 15 is 0 Å². The molecule has 0 amide bonds. The number of benzene rings is 1. The number of rotatable bonds is 8. The van der Waals surface area contributed by atoms with Gasteiger partial charge in [-0.15, -0.1) is 24.0 Å². The summed E-state index contributed by atoms with van der Waals surface area (Å²) in [6, 6.07) is 11.4. The summed E-state index contributed by atoms with van der Waals surface area (Å²) in [4.78, 5) is 13.2. The maximum Gasteiger partial charge on any atom is 0.416 e. The number of halogens is 4. The second-order valence-corrected chi connectivity index (χ2v) is 7.67. The van der Waals surface area contributed by atoms with Crippen LogP contribution in [0.5, 0.6) is 0 Å². The molecular weight excluding hydrogens is 544 g/mol. The lowest BCUT2D eigenvalue weighted by Crippen LogP contribution is -2.47. The Labute approximate surface area is 210 Å². The zero-order valence-electron chi connectivity index (χ0n) is 18.8. The van der Waals surface area contributed by atoms with Gasteiger partial charge in [-0.25, -0.2) is 4.99 Å². The van der Waals surface area contributed by atoms with Gasteiger partial charge in [0.15, 0.2) is 5.96 Å². The summed E-state index contributed by atoms with van der Waals surface area (Å²) in [6.07, 6.45) is -1.59. The van der Waals surface area contributed by atoms with Gasteiger partial charge in [0.05, 0.1) is 17.8 Å². The van der Waals surface area contributed by atoms with Gasteiger partial charge in [0.2, 0.25) is 0 Å². The van der Waals surface area contributed by atoms with Crippen molar-refractivity contribution >= 4 is 35.6 Å². The van der Waals surface area contributed by atoms with Crippen molar-refractivity contribution in [2.45, 2.75) is 26.1 Å². The Bertz CT molecular complexity index is 855. The van der Waals surface area contributed by atoms with Gasteiger partial charge in [-0.3, -0.25) is 9.88 Å². The summed E-state index contributed by atoms with van der Waals surface area (Å²) in [6.45, 7) is 8.19. The Morgan fingerprint density at radius 2 is 1.85 bits per heavy atom. The normalized spacial score (nSPS) is 15.2. The number of hydrogen-bond acceptors (Lipinski definition) is 4. The van der Waals surface area contributed by atoms with Crippen LogP contribution in [0.3, 0.4) is 0 Å². The van der Waals surface area contributed by atoms with Crippen LogP contribution in [0.25, 0.3) is 0 Å². The average Bonchev–Trinajstić information content (AvgIpc) is 2.81. The van der Waals surface area contributed by atoms with Gasteiger partial charge < -0.3 is 15.5 Å². The first-order valence-electron chi connectivity index (χ1n) is 11.0. The summed E-state index contributed by atoms with van der Waals surface area (Å²) in [7, 11) is 0. The fraction of sp³-hybridized carbons (Fsp3) is 0.478. The number of alkyl halides is 3. The van der Waals surface area contributed by atoms with E-state index in [1.54, 1.807) is 12.3 Å². The molecule has 10 heteroatoms. The molecule has 1 fully saturated rings. The molecule has 1 aliphatic heterocycles. The largest absolute Gasteiger partial charge is 0.416 e. The SMILES string of the molecule is CCNC(=NCc1ccccn1)NCCCN1CCN(c2cccc(C(F)(F)F)c2)CC1.I. The molecule has 3 rings (SSSR count). The number of piperazine rings is 1. The van der Waals surface area contributed by atoms with Crippen LogP contribution in [0.15, 0.2) is 53.7 Å². The Hall–Kier alpha value is -2.08. The summed E-state index contributed by atoms with van der Waals surface area (Å²) in [5.41, 5.74) is 0.966. The lowest BCUT2D eigenvalue weighted by atomic mass is 10.1. The van der Waals surface area contributed by atoms with Crippen LogP contribution < -0.4 is 15.5 Å². The Morgan fingerprint density at radius 3 is 2.52 bits per heavy atom. The molecule has 1 aromatic carbocycles. The zero-order chi connectivity index (χ0) is 22.8. The molecule has 1 aliphatic rings.